The molecule has 3 aromatic carbocycles. The summed E-state index contributed by atoms with van der Waals surface area (Å²) in [7, 11) is 0. The fraction of sp³-hybridized carbons (Fsp3) is 0.130. The van der Waals surface area contributed by atoms with Crippen molar-refractivity contribution >= 4 is 11.8 Å². The molecule has 0 aliphatic rings. The molecule has 2 N–H and O–H groups in total. The molecular weight excluding hydrogens is 322 g/mol. The average molecular weight is 346 g/mol. The highest BCUT2D eigenvalue weighted by molar-refractivity contribution is 8.03. The highest BCUT2D eigenvalue weighted by Gasteiger charge is 2.36. The summed E-state index contributed by atoms with van der Waals surface area (Å²) >= 11 is 1.82. The van der Waals surface area contributed by atoms with Crippen molar-refractivity contribution in [1.29, 1.82) is 0 Å². The summed E-state index contributed by atoms with van der Waals surface area (Å²) in [4.78, 5) is 0. The number of rotatable bonds is 6. The third kappa shape index (κ3) is 3.71. The van der Waals surface area contributed by atoms with Crippen molar-refractivity contribution in [3.05, 3.63) is 119 Å². The lowest BCUT2D eigenvalue weighted by molar-refractivity contribution is 0.899. The maximum Gasteiger partial charge on any atom is 0.0948 e. The fourth-order valence-corrected chi connectivity index (χ4v) is 4.25. The molecule has 126 valence electrons. The van der Waals surface area contributed by atoms with E-state index in [9.17, 15) is 0 Å². The highest BCUT2D eigenvalue weighted by atomic mass is 32.2. The maximum absolute atomic E-state index is 5.84. The van der Waals surface area contributed by atoms with E-state index in [2.05, 4.69) is 103 Å². The maximum atomic E-state index is 5.84. The summed E-state index contributed by atoms with van der Waals surface area (Å²) in [5, 5.41) is 2.20. The molecule has 0 saturated carbocycles. The molecule has 2 heteroatoms. The van der Waals surface area contributed by atoms with Gasteiger partial charge in [-0.05, 0) is 29.0 Å². The van der Waals surface area contributed by atoms with Gasteiger partial charge in [0.25, 0.3) is 0 Å². The zero-order valence-electron chi connectivity index (χ0n) is 14.4. The molecule has 0 bridgehead atoms. The van der Waals surface area contributed by atoms with Crippen LogP contribution in [0.3, 0.4) is 0 Å². The van der Waals surface area contributed by atoms with Crippen LogP contribution in [0.1, 0.15) is 23.6 Å². The number of hydrogen-bond acceptors (Lipinski definition) is 2. The molecule has 0 saturated heterocycles. The van der Waals surface area contributed by atoms with Crippen molar-refractivity contribution in [2.75, 3.05) is 6.54 Å². The third-order valence-electron chi connectivity index (χ3n) is 4.30. The van der Waals surface area contributed by atoms with Gasteiger partial charge in [0.1, 0.15) is 0 Å². The summed E-state index contributed by atoms with van der Waals surface area (Å²) in [6, 6.07) is 32.1. The smallest absolute Gasteiger partial charge is 0.0948 e. The molecular formula is C23H23NS. The Bertz CT molecular complexity index is 714. The van der Waals surface area contributed by atoms with E-state index in [1.165, 1.54) is 22.3 Å². The van der Waals surface area contributed by atoms with E-state index in [1.807, 2.05) is 11.8 Å². The monoisotopic (exact) mass is 345 g/mol. The number of thioether (sulfide) groups is 1. The van der Waals surface area contributed by atoms with Crippen molar-refractivity contribution in [3.63, 3.8) is 0 Å². The van der Waals surface area contributed by atoms with Crippen molar-refractivity contribution in [2.45, 2.75) is 11.7 Å². The molecule has 0 aliphatic carbocycles. The van der Waals surface area contributed by atoms with E-state index in [4.69, 9.17) is 5.73 Å². The first kappa shape index (κ1) is 17.5. The Morgan fingerprint density at radius 2 is 1.12 bits per heavy atom. The van der Waals surface area contributed by atoms with Gasteiger partial charge in [0.05, 0.1) is 4.75 Å². The Labute approximate surface area is 154 Å². The second-order valence-corrected chi connectivity index (χ2v) is 7.15. The second kappa shape index (κ2) is 8.19. The van der Waals surface area contributed by atoms with E-state index in [1.54, 1.807) is 0 Å². The van der Waals surface area contributed by atoms with Crippen molar-refractivity contribution in [2.24, 2.45) is 5.73 Å². The summed E-state index contributed by atoms with van der Waals surface area (Å²) in [6.45, 7) is 2.65. The number of benzene rings is 3. The van der Waals surface area contributed by atoms with Crippen LogP contribution in [0.15, 0.2) is 102 Å². The minimum Gasteiger partial charge on any atom is -0.327 e. The third-order valence-corrected chi connectivity index (χ3v) is 5.88. The molecule has 0 radical (unpaired) electrons. The Morgan fingerprint density at radius 1 is 0.760 bits per heavy atom. The molecule has 0 heterocycles. The number of hydrogen-bond donors (Lipinski definition) is 1. The SMILES string of the molecule is C/C(=C\SC(c1ccccc1)(c1ccccc1)c1ccccc1)CN. The van der Waals surface area contributed by atoms with Crippen LogP contribution in [0.5, 0.6) is 0 Å². The topological polar surface area (TPSA) is 26.0 Å². The van der Waals surface area contributed by atoms with Crippen LogP contribution < -0.4 is 5.73 Å². The average Bonchev–Trinajstić information content (AvgIpc) is 2.71. The van der Waals surface area contributed by atoms with Gasteiger partial charge in [-0.1, -0.05) is 96.6 Å². The van der Waals surface area contributed by atoms with E-state index < -0.39 is 0 Å². The quantitative estimate of drug-likeness (QED) is 0.591. The number of nitrogens with two attached hydrogens (primary N) is 1. The first-order chi connectivity index (χ1) is 12.3. The van der Waals surface area contributed by atoms with Crippen LogP contribution >= 0.6 is 11.8 Å². The molecule has 0 amide bonds. The predicted molar refractivity (Wildman–Crippen MR) is 110 cm³/mol. The van der Waals surface area contributed by atoms with Gasteiger partial charge in [-0.25, -0.2) is 0 Å². The lowest BCUT2D eigenvalue weighted by Crippen LogP contribution is -2.25. The molecule has 25 heavy (non-hydrogen) atoms. The fourth-order valence-electron chi connectivity index (χ4n) is 2.96. The highest BCUT2D eigenvalue weighted by Crippen LogP contribution is 2.49. The van der Waals surface area contributed by atoms with Crippen LogP contribution in [-0.2, 0) is 4.75 Å². The largest absolute Gasteiger partial charge is 0.327 e. The summed E-state index contributed by atoms with van der Waals surface area (Å²) in [5.74, 6) is 0. The summed E-state index contributed by atoms with van der Waals surface area (Å²) in [5.41, 5.74) is 10.8. The van der Waals surface area contributed by atoms with E-state index in [-0.39, 0.29) is 4.75 Å². The summed E-state index contributed by atoms with van der Waals surface area (Å²) in [6.07, 6.45) is 0. The molecule has 0 fully saturated rings. The van der Waals surface area contributed by atoms with Gasteiger partial charge in [0, 0.05) is 6.54 Å². The molecule has 0 spiro atoms. The molecule has 1 nitrogen and oxygen atoms in total. The van der Waals surface area contributed by atoms with Crippen LogP contribution in [-0.4, -0.2) is 6.54 Å². The predicted octanol–water partition coefficient (Wildman–Crippen LogP) is 5.57. The van der Waals surface area contributed by atoms with Gasteiger partial charge >= 0.3 is 0 Å². The normalized spacial score (nSPS) is 12.2. The van der Waals surface area contributed by atoms with E-state index in [0.717, 1.165) is 0 Å². The van der Waals surface area contributed by atoms with E-state index in [0.29, 0.717) is 6.54 Å². The van der Waals surface area contributed by atoms with Crippen molar-refractivity contribution in [1.82, 2.24) is 0 Å². The zero-order valence-corrected chi connectivity index (χ0v) is 15.2. The second-order valence-electron chi connectivity index (χ2n) is 6.07. The first-order valence-electron chi connectivity index (χ1n) is 8.47. The molecule has 0 aliphatic heterocycles. The van der Waals surface area contributed by atoms with Gasteiger partial charge in [-0.3, -0.25) is 0 Å². The first-order valence-corrected chi connectivity index (χ1v) is 9.35. The van der Waals surface area contributed by atoms with E-state index >= 15 is 0 Å². The van der Waals surface area contributed by atoms with Crippen LogP contribution in [0.25, 0.3) is 0 Å². The molecule has 0 aromatic heterocycles. The zero-order chi connectivity index (χ0) is 17.5. The van der Waals surface area contributed by atoms with Gasteiger partial charge in [-0.2, -0.15) is 0 Å². The van der Waals surface area contributed by atoms with Crippen LogP contribution in [0.2, 0.25) is 0 Å². The van der Waals surface area contributed by atoms with Crippen LogP contribution in [0.4, 0.5) is 0 Å². The lowest BCUT2D eigenvalue weighted by Gasteiger charge is -2.34. The van der Waals surface area contributed by atoms with Crippen molar-refractivity contribution < 1.29 is 0 Å². The van der Waals surface area contributed by atoms with Gasteiger partial charge < -0.3 is 5.73 Å². The Morgan fingerprint density at radius 3 is 1.44 bits per heavy atom. The van der Waals surface area contributed by atoms with Gasteiger partial charge in [0.2, 0.25) is 0 Å². The summed E-state index contributed by atoms with van der Waals surface area (Å²) < 4.78 is -0.305. The Kier molecular flexibility index (Phi) is 5.75. The minimum atomic E-state index is -0.305. The van der Waals surface area contributed by atoms with Gasteiger partial charge in [-0.15, -0.1) is 11.8 Å². The standard InChI is InChI=1S/C23H23NS/c1-19(17-24)18-25-23(20-11-5-2-6-12-20,21-13-7-3-8-14-21)22-15-9-4-10-16-22/h2-16,18H,17,24H2,1H3/b19-18+. The van der Waals surface area contributed by atoms with Crippen LogP contribution in [0, 0.1) is 0 Å². The minimum absolute atomic E-state index is 0.305. The van der Waals surface area contributed by atoms with Crippen molar-refractivity contribution in [3.8, 4) is 0 Å². The molecule has 3 rings (SSSR count). The van der Waals surface area contributed by atoms with Gasteiger partial charge in [0.15, 0.2) is 0 Å². The Hall–Kier alpha value is -2.29. The molecule has 0 atom stereocenters. The molecule has 0 unspecified atom stereocenters. The lowest BCUT2D eigenvalue weighted by atomic mass is 9.84. The molecule has 3 aromatic rings. The Balaban J connectivity index is 2.27.